The van der Waals surface area contributed by atoms with Crippen LogP contribution in [0.5, 0.6) is 0 Å². The van der Waals surface area contributed by atoms with E-state index in [1.165, 1.54) is 0 Å². The van der Waals surface area contributed by atoms with Crippen LogP contribution in [0.4, 0.5) is 0 Å². The van der Waals surface area contributed by atoms with Crippen LogP contribution in [0.25, 0.3) is 0 Å². The van der Waals surface area contributed by atoms with Crippen LogP contribution in [0.1, 0.15) is 104 Å². The average molecular weight is 1460 g/mol. The van der Waals surface area contributed by atoms with Crippen molar-refractivity contribution < 1.29 is 178 Å². The molecule has 584 valence electrons. The van der Waals surface area contributed by atoms with Gasteiger partial charge in [-0.25, -0.2) is 0 Å². The number of hydrogen-bond donors (Lipinski definition) is 23. The topological polar surface area (TPSA) is 620 Å². The van der Waals surface area contributed by atoms with Gasteiger partial charge in [0.2, 0.25) is 17.7 Å². The lowest BCUT2D eigenvalue weighted by atomic mass is 9.96. The van der Waals surface area contributed by atoms with Crippen molar-refractivity contribution in [3.05, 3.63) is 0 Å². The standard InChI is InChI=1S/C31H55NO18.C30H54N2O18/c1-2-32-19(36)10-6-4-3-5-8-15(35)9-7-11-45-30-27(44)28(50-31-26(43)24(41)21(38)17(13-34)48-31)22(39)18(49-30)14-46-29-25(42)23(40)20(37)16(12-33)47-29;1-2-31-17(35)7-5-3-4-6-8-18(36)32-9-10-45-29-26(44)27(50-30-25(43)23(41)20(38)15(12-34)48-30)21(39)16(49-29)13-46-28-24(42)22(40)19(37)14(11-33)47-28/h16-18,20-31,33-34,37-44H,2-14H2,1H3,(H,32,36);14-16,19-30,33-34,37-44H,2-13H2,1H3,(H,31,35)(H,32,36)/t16-,17-,18-,20-,21-,22-,23+,24+,25+,26+,27+,28+,29+,30-,31-;14-,15-,16-,19-,20-,21-,22+,23+,24+,25+,26+,27+,28+,29-,30-/m11/s1. The fraction of sp³-hybridized carbons (Fsp3) is 0.934. The van der Waals surface area contributed by atoms with Crippen LogP contribution in [-0.2, 0) is 76.0 Å². The zero-order valence-corrected chi connectivity index (χ0v) is 56.0. The SMILES string of the molecule is CCNC(=O)CCCCCCC(=O)CCCO[C@@H]1O[C@H](CO[C@H]2O[C@H](CO)[C@@H](O)[C@H](O)[C@@H]2O)[C@@H](O)[C@H](O[C@H]2O[C@H](CO)[C@@H](O)[C@H](O)[C@@H]2O)[C@@H]1O.CCNC(=O)CCCCCCC(=O)NCCO[C@@H]1O[C@H](CO[C@H]2O[C@H](CO)[C@@H](O)[C@H](O)[C@@H]2O)[C@@H](O)[C@H](O[C@H]2O[C@H](CO)[C@@H](O)[C@H](O)[C@@H]2O)[C@@H]1O. The van der Waals surface area contributed by atoms with Crippen molar-refractivity contribution in [2.75, 3.05) is 72.5 Å². The zero-order chi connectivity index (χ0) is 73.9. The molecule has 0 radical (unpaired) electrons. The molecule has 39 heteroatoms. The second kappa shape index (κ2) is 44.7. The van der Waals surface area contributed by atoms with Gasteiger partial charge in [0.25, 0.3) is 0 Å². The molecule has 6 aliphatic rings. The van der Waals surface area contributed by atoms with Crippen molar-refractivity contribution in [3.63, 3.8) is 0 Å². The summed E-state index contributed by atoms with van der Waals surface area (Å²) in [6.45, 7) is 0.418. The number of nitrogens with one attached hydrogen (secondary N) is 3. The first kappa shape index (κ1) is 87.4. The van der Waals surface area contributed by atoms with Crippen molar-refractivity contribution in [2.45, 2.75) is 288 Å². The lowest BCUT2D eigenvalue weighted by molar-refractivity contribution is -0.366. The fourth-order valence-electron chi connectivity index (χ4n) is 11.6. The Hall–Kier alpha value is -3.20. The molecule has 0 bridgehead atoms. The molecule has 3 amide bonds. The number of amides is 3. The molecule has 0 aromatic carbocycles. The van der Waals surface area contributed by atoms with Crippen molar-refractivity contribution in [3.8, 4) is 0 Å². The molecule has 6 saturated heterocycles. The number of carbonyl (C=O) groups excluding carboxylic acids is 4. The van der Waals surface area contributed by atoms with Gasteiger partial charge in [-0.1, -0.05) is 25.7 Å². The molecule has 23 N–H and O–H groups in total. The lowest BCUT2D eigenvalue weighted by Crippen LogP contribution is -2.65. The monoisotopic (exact) mass is 1460 g/mol. The summed E-state index contributed by atoms with van der Waals surface area (Å²) in [5.41, 5.74) is 0. The van der Waals surface area contributed by atoms with E-state index in [1.807, 2.05) is 13.8 Å². The van der Waals surface area contributed by atoms with Gasteiger partial charge in [-0.3, -0.25) is 19.2 Å². The summed E-state index contributed by atoms with van der Waals surface area (Å²) in [5.74, 6) is -0.268. The van der Waals surface area contributed by atoms with E-state index in [4.69, 9.17) is 56.8 Å². The van der Waals surface area contributed by atoms with E-state index >= 15 is 0 Å². The molecule has 0 aromatic rings. The number of aliphatic hydroxyl groups excluding tert-OH is 20. The highest BCUT2D eigenvalue weighted by atomic mass is 16.8. The minimum Gasteiger partial charge on any atom is -0.394 e. The third-order valence-corrected chi connectivity index (χ3v) is 17.6. The number of Topliss-reactive ketones (excluding diaryl/α,β-unsaturated/α-hetero) is 1. The van der Waals surface area contributed by atoms with Gasteiger partial charge < -0.3 is 175 Å². The maximum Gasteiger partial charge on any atom is 0.220 e. The number of hydrogen-bond acceptors (Lipinski definition) is 36. The molecular weight excluding hydrogens is 1350 g/mol. The van der Waals surface area contributed by atoms with Crippen molar-refractivity contribution >= 4 is 23.5 Å². The third-order valence-electron chi connectivity index (χ3n) is 17.6. The van der Waals surface area contributed by atoms with E-state index in [2.05, 4.69) is 16.0 Å². The Bertz CT molecular complexity index is 2170. The van der Waals surface area contributed by atoms with Crippen molar-refractivity contribution in [1.29, 1.82) is 0 Å². The maximum atomic E-state index is 12.4. The molecule has 0 saturated carbocycles. The van der Waals surface area contributed by atoms with Crippen LogP contribution in [0.15, 0.2) is 0 Å². The van der Waals surface area contributed by atoms with Crippen LogP contribution >= 0.6 is 0 Å². The molecule has 6 aliphatic heterocycles. The Morgan fingerprint density at radius 3 is 0.940 bits per heavy atom. The van der Waals surface area contributed by atoms with Gasteiger partial charge in [0.1, 0.15) is 152 Å². The highest BCUT2D eigenvalue weighted by molar-refractivity contribution is 5.78. The highest BCUT2D eigenvalue weighted by Gasteiger charge is 2.55. The molecule has 30 atom stereocenters. The third kappa shape index (κ3) is 25.5. The number of unbranched alkanes of at least 4 members (excludes halogenated alkanes) is 6. The molecule has 0 spiro atoms. The van der Waals surface area contributed by atoms with Gasteiger partial charge in [-0.05, 0) is 46.0 Å². The molecule has 6 heterocycles. The summed E-state index contributed by atoms with van der Waals surface area (Å²) >= 11 is 0. The number of ether oxygens (including phenoxy) is 12. The van der Waals surface area contributed by atoms with Gasteiger partial charge in [0.05, 0.1) is 52.9 Å². The average Bonchev–Trinajstić information content (AvgIpc) is 0.793. The highest BCUT2D eigenvalue weighted by Crippen LogP contribution is 2.34. The second-order valence-electron chi connectivity index (χ2n) is 25.2. The Morgan fingerprint density at radius 2 is 0.590 bits per heavy atom. The predicted octanol–water partition coefficient (Wildman–Crippen LogP) is -10.7. The van der Waals surface area contributed by atoms with Crippen LogP contribution < -0.4 is 16.0 Å². The molecular formula is C61H109N3O36. The number of carbonyl (C=O) groups is 4. The summed E-state index contributed by atoms with van der Waals surface area (Å²) < 4.78 is 66.5. The summed E-state index contributed by atoms with van der Waals surface area (Å²) in [5, 5.41) is 213. The van der Waals surface area contributed by atoms with E-state index in [0.29, 0.717) is 45.2 Å². The predicted molar refractivity (Wildman–Crippen MR) is 330 cm³/mol. The Morgan fingerprint density at radius 1 is 0.300 bits per heavy atom. The minimum atomic E-state index is -1.88. The minimum absolute atomic E-state index is 0.00423. The number of rotatable bonds is 39. The molecule has 0 aromatic heterocycles. The summed E-state index contributed by atoms with van der Waals surface area (Å²) in [7, 11) is 0. The molecule has 6 fully saturated rings. The Labute approximate surface area is 576 Å². The zero-order valence-electron chi connectivity index (χ0n) is 56.0. The van der Waals surface area contributed by atoms with E-state index in [-0.39, 0.29) is 62.5 Å². The van der Waals surface area contributed by atoms with Crippen molar-refractivity contribution in [1.82, 2.24) is 16.0 Å². The lowest BCUT2D eigenvalue weighted by Gasteiger charge is -2.46. The van der Waals surface area contributed by atoms with Crippen LogP contribution in [0.2, 0.25) is 0 Å². The second-order valence-corrected chi connectivity index (χ2v) is 25.2. The first-order valence-corrected chi connectivity index (χ1v) is 34.0. The van der Waals surface area contributed by atoms with Crippen LogP contribution in [0, 0.1) is 0 Å². The van der Waals surface area contributed by atoms with Gasteiger partial charge >= 0.3 is 0 Å². The van der Waals surface area contributed by atoms with Gasteiger partial charge in [0, 0.05) is 51.7 Å². The Kier molecular flexibility index (Phi) is 39.1. The fourth-order valence-corrected chi connectivity index (χ4v) is 11.6. The summed E-state index contributed by atoms with van der Waals surface area (Å²) in [6, 6.07) is 0. The maximum absolute atomic E-state index is 12.4. The molecule has 39 nitrogen and oxygen atoms in total. The molecule has 100 heavy (non-hydrogen) atoms. The van der Waals surface area contributed by atoms with Gasteiger partial charge in [-0.15, -0.1) is 0 Å². The molecule has 0 unspecified atom stereocenters. The first-order valence-electron chi connectivity index (χ1n) is 34.0. The smallest absolute Gasteiger partial charge is 0.220 e. The summed E-state index contributed by atoms with van der Waals surface area (Å²) in [6.07, 6.45) is -41.6. The van der Waals surface area contributed by atoms with Gasteiger partial charge in [-0.2, -0.15) is 0 Å². The molecule has 6 rings (SSSR count). The van der Waals surface area contributed by atoms with E-state index in [0.717, 1.165) is 38.5 Å². The van der Waals surface area contributed by atoms with Crippen molar-refractivity contribution in [2.24, 2.45) is 0 Å². The van der Waals surface area contributed by atoms with Crippen LogP contribution in [-0.4, -0.2) is 382 Å². The molecule has 0 aliphatic carbocycles. The summed E-state index contributed by atoms with van der Waals surface area (Å²) in [4.78, 5) is 47.7. The van der Waals surface area contributed by atoms with Crippen LogP contribution in [0.3, 0.4) is 0 Å². The number of ketones is 1. The quantitative estimate of drug-likeness (QED) is 0.0254. The first-order chi connectivity index (χ1) is 47.7. The largest absolute Gasteiger partial charge is 0.394 e. The normalized spacial score (nSPS) is 39.3. The van der Waals surface area contributed by atoms with Gasteiger partial charge in [0.15, 0.2) is 37.7 Å². The van der Waals surface area contributed by atoms with E-state index in [9.17, 15) is 121 Å². The van der Waals surface area contributed by atoms with E-state index in [1.54, 1.807) is 0 Å². The number of aliphatic hydroxyl groups is 20. The van der Waals surface area contributed by atoms with E-state index < -0.39 is 224 Å². The Balaban J connectivity index is 0.000000361.